The molecule has 0 spiro atoms. The second-order valence-corrected chi connectivity index (χ2v) is 15.0. The van der Waals surface area contributed by atoms with Gasteiger partial charge in [0.05, 0.1) is 17.3 Å². The molecule has 7 rings (SSSR count). The molecule has 1 aliphatic carbocycles. The summed E-state index contributed by atoms with van der Waals surface area (Å²) in [5.41, 5.74) is 11.8. The van der Waals surface area contributed by atoms with E-state index in [1.165, 1.54) is 51.1 Å². The molecule has 0 atom stereocenters. The minimum Gasteiger partial charge on any atom is -0.344 e. The molecule has 0 unspecified atom stereocenters. The van der Waals surface area contributed by atoms with Crippen molar-refractivity contribution in [1.82, 2.24) is 15.0 Å². The lowest BCUT2D eigenvalue weighted by Gasteiger charge is -2.27. The summed E-state index contributed by atoms with van der Waals surface area (Å²) < 4.78 is 32.4. The summed E-state index contributed by atoms with van der Waals surface area (Å²) in [5, 5.41) is 9.06. The smallest absolute Gasteiger partial charge is 0.209 e. The number of nitrogens with zero attached hydrogens (tertiary/aromatic N) is 5. The maximum atomic E-state index is 14.3. The topological polar surface area (TPSA) is 37.0 Å². The fourth-order valence-corrected chi connectivity index (χ4v) is 8.26. The molecule has 2 aliphatic heterocycles. The van der Waals surface area contributed by atoms with Crippen molar-refractivity contribution in [2.24, 2.45) is 0 Å². The van der Waals surface area contributed by atoms with Crippen molar-refractivity contribution in [2.75, 3.05) is 18.0 Å². The Bertz CT molecular complexity index is 2140. The molecule has 3 aromatic carbocycles. The van der Waals surface area contributed by atoms with E-state index in [0.717, 1.165) is 57.0 Å². The molecule has 4 aromatic rings. The summed E-state index contributed by atoms with van der Waals surface area (Å²) in [4.78, 5) is 2.47. The third kappa shape index (κ3) is 6.11. The molecule has 7 heteroatoms. The van der Waals surface area contributed by atoms with Crippen molar-refractivity contribution < 1.29 is 13.4 Å². The molecule has 1 aromatic heterocycles. The number of hydrogen-bond acceptors (Lipinski definition) is 3. The number of para-hydroxylation sites is 2. The van der Waals surface area contributed by atoms with Gasteiger partial charge < -0.3 is 4.90 Å². The lowest BCUT2D eigenvalue weighted by Crippen LogP contribution is -2.28. The lowest BCUT2D eigenvalue weighted by molar-refractivity contribution is -0.437. The molecule has 0 saturated carbocycles. The zero-order valence-electron chi connectivity index (χ0n) is 30.7. The van der Waals surface area contributed by atoms with Gasteiger partial charge in [-0.2, -0.15) is 4.58 Å². The van der Waals surface area contributed by atoms with Crippen molar-refractivity contribution >= 4 is 22.8 Å². The molecule has 0 amide bonds. The maximum absolute atomic E-state index is 14.3. The van der Waals surface area contributed by atoms with Gasteiger partial charge in [-0.15, -0.1) is 5.10 Å². The van der Waals surface area contributed by atoms with E-state index in [4.69, 9.17) is 0 Å². The largest absolute Gasteiger partial charge is 0.344 e. The maximum Gasteiger partial charge on any atom is 0.209 e. The fraction of sp³-hybridized carbons (Fsp3) is 0.341. The molecule has 3 heterocycles. The first-order chi connectivity index (χ1) is 24.6. The van der Waals surface area contributed by atoms with Crippen LogP contribution >= 0.6 is 0 Å². The monoisotopic (exact) mass is 684 g/mol. The highest BCUT2D eigenvalue weighted by Gasteiger charge is 2.44. The molecule has 0 N–H and O–H groups in total. The molecule has 5 nitrogen and oxygen atoms in total. The Hall–Kier alpha value is -4.91. The van der Waals surface area contributed by atoms with E-state index in [9.17, 15) is 8.78 Å². The first-order valence-corrected chi connectivity index (χ1v) is 18.4. The Kier molecular flexibility index (Phi) is 9.25. The van der Waals surface area contributed by atoms with Gasteiger partial charge in [0.1, 0.15) is 12.2 Å². The van der Waals surface area contributed by atoms with E-state index in [2.05, 4.69) is 134 Å². The zero-order valence-corrected chi connectivity index (χ0v) is 30.7. The van der Waals surface area contributed by atoms with E-state index in [1.807, 2.05) is 10.9 Å². The van der Waals surface area contributed by atoms with Gasteiger partial charge in [0.15, 0.2) is 17.3 Å². The van der Waals surface area contributed by atoms with Crippen molar-refractivity contribution in [2.45, 2.75) is 84.5 Å². The van der Waals surface area contributed by atoms with E-state index < -0.39 is 11.6 Å². The molecule has 0 radical (unpaired) electrons. The van der Waals surface area contributed by atoms with Crippen LogP contribution in [0.2, 0.25) is 0 Å². The molecule has 51 heavy (non-hydrogen) atoms. The van der Waals surface area contributed by atoms with Gasteiger partial charge in [0.2, 0.25) is 5.69 Å². The minimum absolute atomic E-state index is 0.153. The van der Waals surface area contributed by atoms with Gasteiger partial charge in [0.25, 0.3) is 0 Å². The van der Waals surface area contributed by atoms with Crippen molar-refractivity contribution in [1.29, 1.82) is 0 Å². The van der Waals surface area contributed by atoms with Crippen LogP contribution in [0, 0.1) is 11.6 Å². The van der Waals surface area contributed by atoms with Crippen molar-refractivity contribution in [3.63, 3.8) is 0 Å². The van der Waals surface area contributed by atoms with Crippen LogP contribution in [0.5, 0.6) is 0 Å². The van der Waals surface area contributed by atoms with Gasteiger partial charge in [0, 0.05) is 53.0 Å². The molecular weight excluding hydrogens is 637 g/mol. The Labute approximate surface area is 301 Å². The van der Waals surface area contributed by atoms with Crippen LogP contribution in [0.15, 0.2) is 114 Å². The number of benzene rings is 3. The highest BCUT2D eigenvalue weighted by Crippen LogP contribution is 2.48. The van der Waals surface area contributed by atoms with Gasteiger partial charge >= 0.3 is 0 Å². The van der Waals surface area contributed by atoms with Gasteiger partial charge in [-0.25, -0.2) is 13.5 Å². The summed E-state index contributed by atoms with van der Waals surface area (Å²) in [5.74, 6) is -1.78. The highest BCUT2D eigenvalue weighted by atomic mass is 19.2. The Morgan fingerprint density at radius 1 is 0.824 bits per heavy atom. The van der Waals surface area contributed by atoms with Crippen LogP contribution in [0.1, 0.15) is 84.8 Å². The number of rotatable bonds is 9. The van der Waals surface area contributed by atoms with Crippen molar-refractivity contribution in [3.05, 3.63) is 137 Å². The molecule has 0 bridgehead atoms. The number of anilines is 1. The zero-order chi connectivity index (χ0) is 35.9. The number of aromatic nitrogens is 3. The molecular formula is C44H48F2N5+. The van der Waals surface area contributed by atoms with E-state index in [1.54, 1.807) is 6.07 Å². The summed E-state index contributed by atoms with van der Waals surface area (Å²) in [6.45, 7) is 15.6. The third-order valence-corrected chi connectivity index (χ3v) is 10.8. The average Bonchev–Trinajstić information content (AvgIpc) is 3.75. The van der Waals surface area contributed by atoms with Gasteiger partial charge in [-0.3, -0.25) is 0 Å². The SMILES string of the molecule is CCCN1/C(=C/C=C2\CCCC(/C=C/C3=[N+](CCC)c4ccccc4C3(C)C)=C2n2cc(-c3ccc(F)c(F)c3)nn2)C(C)(C)c2ccccc21. The quantitative estimate of drug-likeness (QED) is 0.165. The summed E-state index contributed by atoms with van der Waals surface area (Å²) in [6.07, 6.45) is 15.9. The normalized spacial score (nSPS) is 19.6. The van der Waals surface area contributed by atoms with Crippen LogP contribution in [0.4, 0.5) is 20.2 Å². The van der Waals surface area contributed by atoms with Crippen LogP contribution in [-0.4, -0.2) is 38.4 Å². The van der Waals surface area contributed by atoms with Gasteiger partial charge in [-0.05, 0) is 86.6 Å². The summed E-state index contributed by atoms with van der Waals surface area (Å²) in [6, 6.07) is 21.3. The fourth-order valence-electron chi connectivity index (χ4n) is 8.26. The number of hydrogen-bond donors (Lipinski definition) is 0. The standard InChI is InChI=1S/C44H48F2N5/c1-7-26-49-38-18-11-9-16-33(38)43(3,4)40(49)24-21-30-14-13-15-31(42(30)51-29-37(47-48-51)32-20-23-35(45)36(46)28-32)22-25-41-44(5,6)34-17-10-12-19-39(34)50(41)27-8-2/h9-12,16-25,28-29H,7-8,13-15,26-27H2,1-6H3/q+1. The van der Waals surface area contributed by atoms with Gasteiger partial charge in [-0.1, -0.05) is 81.5 Å². The number of fused-ring (bicyclic) bond motifs is 2. The first kappa shape index (κ1) is 34.5. The Morgan fingerprint density at radius 2 is 1.59 bits per heavy atom. The highest BCUT2D eigenvalue weighted by molar-refractivity contribution is 6.03. The van der Waals surface area contributed by atoms with Crippen LogP contribution in [0.3, 0.4) is 0 Å². The molecule has 262 valence electrons. The second-order valence-electron chi connectivity index (χ2n) is 15.0. The van der Waals surface area contributed by atoms with Crippen LogP contribution < -0.4 is 4.90 Å². The summed E-state index contributed by atoms with van der Waals surface area (Å²) >= 11 is 0. The van der Waals surface area contributed by atoms with E-state index in [-0.39, 0.29) is 10.8 Å². The average molecular weight is 685 g/mol. The minimum atomic E-state index is -0.902. The second kappa shape index (κ2) is 13.7. The van der Waals surface area contributed by atoms with E-state index >= 15 is 0 Å². The van der Waals surface area contributed by atoms with Crippen LogP contribution in [-0.2, 0) is 10.8 Å². The predicted molar refractivity (Wildman–Crippen MR) is 204 cm³/mol. The lowest BCUT2D eigenvalue weighted by atomic mass is 9.81. The van der Waals surface area contributed by atoms with E-state index in [0.29, 0.717) is 11.3 Å². The predicted octanol–water partition coefficient (Wildman–Crippen LogP) is 10.7. The Morgan fingerprint density at radius 3 is 2.35 bits per heavy atom. The molecule has 3 aliphatic rings. The first-order valence-electron chi connectivity index (χ1n) is 18.4. The van der Waals surface area contributed by atoms with Crippen LogP contribution in [0.25, 0.3) is 17.0 Å². The number of halogens is 2. The molecule has 0 saturated heterocycles. The molecule has 0 fully saturated rings. The number of allylic oxidation sites excluding steroid dienone is 8. The Balaban J connectivity index is 1.37. The third-order valence-electron chi connectivity index (χ3n) is 10.8. The van der Waals surface area contributed by atoms with Crippen molar-refractivity contribution in [3.8, 4) is 11.3 Å². The summed E-state index contributed by atoms with van der Waals surface area (Å²) in [7, 11) is 0.